The van der Waals surface area contributed by atoms with E-state index in [4.69, 9.17) is 23.4 Å². The monoisotopic (exact) mass is 481 g/mol. The Morgan fingerprint density at radius 1 is 1.03 bits per heavy atom. The number of aryl methyl sites for hydroxylation is 1. The van der Waals surface area contributed by atoms with Crippen molar-refractivity contribution in [1.29, 1.82) is 0 Å². The van der Waals surface area contributed by atoms with Crippen molar-refractivity contribution in [1.82, 2.24) is 5.32 Å². The molecule has 2 atom stereocenters. The molecule has 8 heteroatoms. The summed E-state index contributed by atoms with van der Waals surface area (Å²) < 4.78 is 27.2. The number of carbonyl (C=O) groups is 2. The van der Waals surface area contributed by atoms with Crippen LogP contribution in [0.5, 0.6) is 11.5 Å². The molecule has 1 aliphatic heterocycles. The lowest BCUT2D eigenvalue weighted by Gasteiger charge is -2.35. The lowest BCUT2D eigenvalue weighted by atomic mass is 9.73. The largest absolute Gasteiger partial charge is 0.493 e. The van der Waals surface area contributed by atoms with Crippen molar-refractivity contribution in [2.75, 3.05) is 34.5 Å². The van der Waals surface area contributed by atoms with Gasteiger partial charge in [-0.1, -0.05) is 6.07 Å². The van der Waals surface area contributed by atoms with Gasteiger partial charge in [-0.2, -0.15) is 0 Å². The molecule has 2 heterocycles. The Bertz CT molecular complexity index is 1190. The molecule has 186 valence electrons. The lowest BCUT2D eigenvalue weighted by molar-refractivity contribution is -0.140. The van der Waals surface area contributed by atoms with Crippen LogP contribution in [0.2, 0.25) is 0 Å². The molecule has 0 fully saturated rings. The Morgan fingerprint density at radius 3 is 2.46 bits per heavy atom. The second kappa shape index (κ2) is 10.4. The summed E-state index contributed by atoms with van der Waals surface area (Å²) >= 11 is 0. The number of dihydropyridines is 1. The van der Waals surface area contributed by atoms with Crippen LogP contribution in [0.1, 0.15) is 48.7 Å². The van der Waals surface area contributed by atoms with Crippen molar-refractivity contribution in [2.24, 2.45) is 0 Å². The minimum atomic E-state index is -0.631. The van der Waals surface area contributed by atoms with E-state index in [1.54, 1.807) is 21.3 Å². The van der Waals surface area contributed by atoms with Crippen LogP contribution in [0.4, 0.5) is 0 Å². The molecule has 0 unspecified atom stereocenters. The van der Waals surface area contributed by atoms with E-state index in [1.807, 2.05) is 44.2 Å². The van der Waals surface area contributed by atoms with E-state index in [2.05, 4.69) is 5.32 Å². The maximum Gasteiger partial charge on any atom is 0.336 e. The van der Waals surface area contributed by atoms with E-state index in [-0.39, 0.29) is 24.9 Å². The Kier molecular flexibility index (Phi) is 7.31. The van der Waals surface area contributed by atoms with E-state index in [0.717, 1.165) is 11.3 Å². The fraction of sp³-hybridized carbons (Fsp3) is 0.407. The third-order valence-corrected chi connectivity index (χ3v) is 6.49. The molecule has 1 aliphatic carbocycles. The van der Waals surface area contributed by atoms with Crippen molar-refractivity contribution in [3.63, 3.8) is 0 Å². The number of furan rings is 1. The van der Waals surface area contributed by atoms with Gasteiger partial charge in [-0.25, -0.2) is 4.79 Å². The van der Waals surface area contributed by atoms with Crippen LogP contribution in [0.25, 0.3) is 0 Å². The van der Waals surface area contributed by atoms with Crippen LogP contribution in [-0.4, -0.2) is 46.3 Å². The molecule has 0 radical (unpaired) electrons. The van der Waals surface area contributed by atoms with E-state index < -0.39 is 11.9 Å². The maximum absolute atomic E-state index is 13.6. The number of ether oxygens (including phenoxy) is 4. The summed E-state index contributed by atoms with van der Waals surface area (Å²) in [6.45, 7) is 4.07. The number of nitrogens with one attached hydrogen (secondary N) is 1. The summed E-state index contributed by atoms with van der Waals surface area (Å²) in [5.41, 5.74) is 3.37. The molecular weight excluding hydrogens is 450 g/mol. The second-order valence-corrected chi connectivity index (χ2v) is 8.71. The zero-order chi connectivity index (χ0) is 25.1. The maximum atomic E-state index is 13.6. The summed E-state index contributed by atoms with van der Waals surface area (Å²) in [6.07, 6.45) is 0.910. The number of carbonyl (C=O) groups excluding carboxylic acids is 2. The molecule has 8 nitrogen and oxygen atoms in total. The minimum absolute atomic E-state index is 0.0349. The van der Waals surface area contributed by atoms with Gasteiger partial charge in [0.2, 0.25) is 0 Å². The van der Waals surface area contributed by atoms with E-state index in [0.29, 0.717) is 52.7 Å². The quantitative estimate of drug-likeness (QED) is 0.444. The molecule has 2 aromatic rings. The average molecular weight is 482 g/mol. The molecule has 0 saturated heterocycles. The molecule has 0 bridgehead atoms. The van der Waals surface area contributed by atoms with Crippen molar-refractivity contribution >= 4 is 11.8 Å². The van der Waals surface area contributed by atoms with Gasteiger partial charge in [0.1, 0.15) is 18.1 Å². The van der Waals surface area contributed by atoms with Crippen LogP contribution >= 0.6 is 0 Å². The number of hydrogen-bond acceptors (Lipinski definition) is 8. The third kappa shape index (κ3) is 4.84. The normalized spacial score (nSPS) is 19.9. The molecule has 1 aromatic carbocycles. The fourth-order valence-corrected chi connectivity index (χ4v) is 4.84. The number of esters is 1. The third-order valence-electron chi connectivity index (χ3n) is 6.49. The van der Waals surface area contributed by atoms with Gasteiger partial charge in [-0.05, 0) is 56.0 Å². The topological polar surface area (TPSA) is 96.2 Å². The first-order valence-electron chi connectivity index (χ1n) is 11.6. The van der Waals surface area contributed by atoms with Gasteiger partial charge in [-0.15, -0.1) is 0 Å². The summed E-state index contributed by atoms with van der Waals surface area (Å²) in [5.74, 6) is 1.31. The fourth-order valence-electron chi connectivity index (χ4n) is 4.84. The molecule has 0 saturated carbocycles. The van der Waals surface area contributed by atoms with Gasteiger partial charge in [-0.3, -0.25) is 4.79 Å². The van der Waals surface area contributed by atoms with Gasteiger partial charge in [0.15, 0.2) is 17.3 Å². The minimum Gasteiger partial charge on any atom is -0.493 e. The number of rotatable bonds is 8. The highest BCUT2D eigenvalue weighted by atomic mass is 16.6. The van der Waals surface area contributed by atoms with Crippen LogP contribution in [-0.2, 0) is 19.1 Å². The van der Waals surface area contributed by atoms with Gasteiger partial charge in [0, 0.05) is 30.5 Å². The van der Waals surface area contributed by atoms with E-state index in [9.17, 15) is 9.59 Å². The average Bonchev–Trinajstić information content (AvgIpc) is 3.28. The number of ketones is 1. The predicted octanol–water partition coefficient (Wildman–Crippen LogP) is 4.16. The Morgan fingerprint density at radius 2 is 1.80 bits per heavy atom. The predicted molar refractivity (Wildman–Crippen MR) is 128 cm³/mol. The number of methoxy groups -OCH3 is 3. The first kappa shape index (κ1) is 24.6. The smallest absolute Gasteiger partial charge is 0.336 e. The van der Waals surface area contributed by atoms with E-state index in [1.165, 1.54) is 0 Å². The van der Waals surface area contributed by atoms with E-state index >= 15 is 0 Å². The van der Waals surface area contributed by atoms with Crippen molar-refractivity contribution in [2.45, 2.75) is 38.5 Å². The van der Waals surface area contributed by atoms with Crippen LogP contribution in [0.15, 0.2) is 57.3 Å². The van der Waals surface area contributed by atoms with Gasteiger partial charge in [0.25, 0.3) is 0 Å². The second-order valence-electron chi connectivity index (χ2n) is 8.71. The molecule has 4 rings (SSSR count). The molecule has 0 amide bonds. The van der Waals surface area contributed by atoms with Gasteiger partial charge in [0.05, 0.1) is 32.3 Å². The molecule has 0 spiro atoms. The Labute approximate surface area is 204 Å². The highest BCUT2D eigenvalue weighted by molar-refractivity contribution is 6.04. The molecule has 2 aliphatic rings. The number of allylic oxidation sites excluding steroid dienone is 3. The molecule has 35 heavy (non-hydrogen) atoms. The molecular formula is C27H31NO7. The summed E-state index contributed by atoms with van der Waals surface area (Å²) in [5, 5.41) is 3.34. The first-order valence-corrected chi connectivity index (χ1v) is 11.6. The number of hydrogen-bond donors (Lipinski definition) is 1. The van der Waals surface area contributed by atoms with Crippen LogP contribution in [0.3, 0.4) is 0 Å². The summed E-state index contributed by atoms with van der Waals surface area (Å²) in [6, 6.07) is 9.38. The van der Waals surface area contributed by atoms with Crippen molar-refractivity contribution < 1.29 is 33.0 Å². The number of benzene rings is 1. The lowest BCUT2D eigenvalue weighted by Crippen LogP contribution is -2.36. The van der Waals surface area contributed by atoms with Gasteiger partial charge >= 0.3 is 5.97 Å². The summed E-state index contributed by atoms with van der Waals surface area (Å²) in [7, 11) is 4.73. The SMILES string of the molecule is COCCOC(=O)C1=C(C)NC2=C(C(=O)C[C@H](c3ccc(OC)c(OC)c3)C2)[C@@H]1c1ccc(C)o1. The standard InChI is InChI=1S/C27H31NO7/c1-15-6-8-22(35-15)26-24(27(30)34-11-10-31-3)16(2)28-19-12-18(13-20(29)25(19)26)17-7-9-21(32-4)23(14-17)33-5/h6-9,14,18,26,28H,10-13H2,1-5H3/t18-,26-/m1/s1. The van der Waals surface area contributed by atoms with Crippen LogP contribution in [0, 0.1) is 6.92 Å². The van der Waals surface area contributed by atoms with Crippen LogP contribution < -0.4 is 14.8 Å². The number of Topliss-reactive ketones (excluding diaryl/α,β-unsaturated/α-hetero) is 1. The molecule has 1 N–H and O–H groups in total. The Balaban J connectivity index is 1.71. The van der Waals surface area contributed by atoms with Crippen molar-refractivity contribution in [3.05, 3.63) is 70.0 Å². The van der Waals surface area contributed by atoms with Crippen molar-refractivity contribution in [3.8, 4) is 11.5 Å². The van der Waals surface area contributed by atoms with Gasteiger partial charge < -0.3 is 28.7 Å². The highest BCUT2D eigenvalue weighted by Gasteiger charge is 2.42. The zero-order valence-corrected chi connectivity index (χ0v) is 20.7. The zero-order valence-electron chi connectivity index (χ0n) is 20.7. The Hall–Kier alpha value is -3.52. The molecule has 1 aromatic heterocycles. The summed E-state index contributed by atoms with van der Waals surface area (Å²) in [4.78, 5) is 26.7. The first-order chi connectivity index (χ1) is 16.9. The highest BCUT2D eigenvalue weighted by Crippen LogP contribution is 2.46.